The van der Waals surface area contributed by atoms with E-state index in [4.69, 9.17) is 5.73 Å². The van der Waals surface area contributed by atoms with E-state index in [2.05, 4.69) is 0 Å². The summed E-state index contributed by atoms with van der Waals surface area (Å²) < 4.78 is 0. The van der Waals surface area contributed by atoms with E-state index in [1.807, 2.05) is 0 Å². The number of nitrogens with two attached hydrogens (primary N) is 1. The second-order valence-corrected chi connectivity index (χ2v) is 3.93. The van der Waals surface area contributed by atoms with Crippen LogP contribution in [0.25, 0.3) is 11.1 Å². The van der Waals surface area contributed by atoms with E-state index < -0.39 is 21.2 Å². The number of nitrogen functional groups attached to an aromatic ring is 1. The lowest BCUT2D eigenvalue weighted by Crippen LogP contribution is -2.02. The fourth-order valence-electron chi connectivity index (χ4n) is 1.90. The summed E-state index contributed by atoms with van der Waals surface area (Å²) in [6.45, 7) is 0. The van der Waals surface area contributed by atoms with E-state index in [1.165, 1.54) is 24.3 Å². The number of hydrogen-bond donors (Lipinski definition) is 2. The van der Waals surface area contributed by atoms with E-state index in [1.54, 1.807) is 0 Å². The van der Waals surface area contributed by atoms with Crippen molar-refractivity contribution in [2.45, 2.75) is 0 Å². The summed E-state index contributed by atoms with van der Waals surface area (Å²) in [5.74, 6) is -0.302. The van der Waals surface area contributed by atoms with Gasteiger partial charge >= 0.3 is 5.69 Å². The Labute approximate surface area is 112 Å². The topological polar surface area (TPSA) is 133 Å². The smallest absolute Gasteiger partial charge is 0.306 e. The minimum atomic E-state index is -0.801. The number of hydrogen-bond acceptors (Lipinski definition) is 6. The third-order valence-electron chi connectivity index (χ3n) is 2.74. The summed E-state index contributed by atoms with van der Waals surface area (Å²) in [5.41, 5.74) is 3.91. The van der Waals surface area contributed by atoms with Crippen LogP contribution in [0.1, 0.15) is 0 Å². The van der Waals surface area contributed by atoms with Gasteiger partial charge in [-0.1, -0.05) is 18.2 Å². The molecule has 8 nitrogen and oxygen atoms in total. The Bertz CT molecular complexity index is 714. The minimum absolute atomic E-state index is 0.0156. The SMILES string of the molecule is Nc1ccc([N+](=O)[O-])c(-c2ccccc2O)c1[N+](=O)[O-]. The molecule has 0 fully saturated rings. The Kier molecular flexibility index (Phi) is 3.21. The molecule has 0 aromatic heterocycles. The van der Waals surface area contributed by atoms with Gasteiger partial charge in [-0.25, -0.2) is 0 Å². The molecule has 8 heteroatoms. The predicted molar refractivity (Wildman–Crippen MR) is 71.3 cm³/mol. The molecule has 2 aromatic rings. The second-order valence-electron chi connectivity index (χ2n) is 3.93. The van der Waals surface area contributed by atoms with Gasteiger partial charge in [0.15, 0.2) is 0 Å². The van der Waals surface area contributed by atoms with Crippen LogP contribution in [0.4, 0.5) is 17.1 Å². The van der Waals surface area contributed by atoms with Gasteiger partial charge < -0.3 is 10.8 Å². The van der Waals surface area contributed by atoms with Crippen molar-refractivity contribution in [1.29, 1.82) is 0 Å². The van der Waals surface area contributed by atoms with Crippen LogP contribution in [0.15, 0.2) is 36.4 Å². The molecule has 0 aliphatic rings. The molecule has 0 radical (unpaired) electrons. The fraction of sp³-hybridized carbons (Fsp3) is 0. The number of nitro groups is 2. The molecule has 0 aliphatic carbocycles. The number of nitro benzene ring substituents is 2. The van der Waals surface area contributed by atoms with Gasteiger partial charge in [-0.15, -0.1) is 0 Å². The highest BCUT2D eigenvalue weighted by Crippen LogP contribution is 2.44. The van der Waals surface area contributed by atoms with Gasteiger partial charge in [-0.2, -0.15) is 0 Å². The largest absolute Gasteiger partial charge is 0.507 e. The van der Waals surface area contributed by atoms with Gasteiger partial charge in [-0.3, -0.25) is 20.2 Å². The lowest BCUT2D eigenvalue weighted by atomic mass is 9.99. The summed E-state index contributed by atoms with van der Waals surface area (Å²) in [6, 6.07) is 7.81. The third-order valence-corrected chi connectivity index (χ3v) is 2.74. The van der Waals surface area contributed by atoms with Crippen LogP contribution in [0.5, 0.6) is 5.75 Å². The lowest BCUT2D eigenvalue weighted by molar-refractivity contribution is -0.392. The maximum absolute atomic E-state index is 11.1. The Hall–Kier alpha value is -3.16. The van der Waals surface area contributed by atoms with E-state index in [0.717, 1.165) is 12.1 Å². The molecule has 0 bridgehead atoms. The number of rotatable bonds is 3. The van der Waals surface area contributed by atoms with Crippen molar-refractivity contribution in [3.63, 3.8) is 0 Å². The van der Waals surface area contributed by atoms with Crippen molar-refractivity contribution >= 4 is 17.1 Å². The number of anilines is 1. The van der Waals surface area contributed by atoms with Gasteiger partial charge in [-0.05, 0) is 12.1 Å². The fourth-order valence-corrected chi connectivity index (χ4v) is 1.90. The summed E-state index contributed by atoms with van der Waals surface area (Å²) >= 11 is 0. The molecule has 2 rings (SSSR count). The quantitative estimate of drug-likeness (QED) is 0.502. The number of phenols is 1. The Morgan fingerprint density at radius 1 is 1.00 bits per heavy atom. The Morgan fingerprint density at radius 3 is 2.20 bits per heavy atom. The van der Waals surface area contributed by atoms with Crippen molar-refractivity contribution < 1.29 is 15.0 Å². The molecule has 0 amide bonds. The van der Waals surface area contributed by atoms with Gasteiger partial charge in [0.05, 0.1) is 9.85 Å². The molecule has 2 aromatic carbocycles. The average Bonchev–Trinajstić information content (AvgIpc) is 2.38. The van der Waals surface area contributed by atoms with Gasteiger partial charge in [0.25, 0.3) is 5.69 Å². The molecular weight excluding hydrogens is 266 g/mol. The average molecular weight is 275 g/mol. The Morgan fingerprint density at radius 2 is 1.65 bits per heavy atom. The first-order chi connectivity index (χ1) is 9.43. The molecule has 0 unspecified atom stereocenters. The second kappa shape index (κ2) is 4.84. The van der Waals surface area contributed by atoms with Crippen LogP contribution in [0, 0.1) is 20.2 Å². The van der Waals surface area contributed by atoms with Crippen LogP contribution < -0.4 is 5.73 Å². The van der Waals surface area contributed by atoms with Crippen LogP contribution >= 0.6 is 0 Å². The zero-order chi connectivity index (χ0) is 14.9. The number of nitrogens with zero attached hydrogens (tertiary/aromatic N) is 2. The van der Waals surface area contributed by atoms with E-state index in [-0.39, 0.29) is 22.6 Å². The lowest BCUT2D eigenvalue weighted by Gasteiger charge is -2.08. The van der Waals surface area contributed by atoms with E-state index >= 15 is 0 Å². The first-order valence-electron chi connectivity index (χ1n) is 5.43. The zero-order valence-electron chi connectivity index (χ0n) is 10.0. The maximum Gasteiger partial charge on any atom is 0.306 e. The Balaban J connectivity index is 2.91. The monoisotopic (exact) mass is 275 g/mol. The van der Waals surface area contributed by atoms with Crippen LogP contribution in [-0.4, -0.2) is 15.0 Å². The van der Waals surface area contributed by atoms with Crippen molar-refractivity contribution in [3.05, 3.63) is 56.6 Å². The molecular formula is C12H9N3O5. The highest BCUT2D eigenvalue weighted by atomic mass is 16.6. The molecule has 0 atom stereocenters. The molecule has 0 spiro atoms. The van der Waals surface area contributed by atoms with Crippen LogP contribution in [0.3, 0.4) is 0 Å². The summed E-state index contributed by atoms with van der Waals surface area (Å²) in [4.78, 5) is 20.6. The normalized spacial score (nSPS) is 10.2. The maximum atomic E-state index is 11.1. The van der Waals surface area contributed by atoms with Crippen LogP contribution in [-0.2, 0) is 0 Å². The minimum Gasteiger partial charge on any atom is -0.507 e. The first-order valence-corrected chi connectivity index (χ1v) is 5.43. The van der Waals surface area contributed by atoms with Crippen molar-refractivity contribution in [1.82, 2.24) is 0 Å². The highest BCUT2D eigenvalue weighted by molar-refractivity contribution is 5.90. The van der Waals surface area contributed by atoms with E-state index in [0.29, 0.717) is 0 Å². The first kappa shape index (κ1) is 13.3. The summed E-state index contributed by atoms with van der Waals surface area (Å²) in [7, 11) is 0. The molecule has 3 N–H and O–H groups in total. The number of aromatic hydroxyl groups is 1. The standard InChI is InChI=1S/C12H9N3O5/c13-8-5-6-9(14(17)18)11(12(8)15(19)20)7-3-1-2-4-10(7)16/h1-6,16H,13H2. The number of para-hydroxylation sites is 1. The zero-order valence-corrected chi connectivity index (χ0v) is 10.0. The molecule has 20 heavy (non-hydrogen) atoms. The summed E-state index contributed by atoms with van der Waals surface area (Å²) in [5, 5.41) is 32.0. The number of phenolic OH excluding ortho intramolecular Hbond substituents is 1. The summed E-state index contributed by atoms with van der Waals surface area (Å²) in [6.07, 6.45) is 0. The molecule has 0 heterocycles. The third kappa shape index (κ3) is 2.09. The van der Waals surface area contributed by atoms with Gasteiger partial charge in [0.1, 0.15) is 17.0 Å². The van der Waals surface area contributed by atoms with Crippen molar-refractivity contribution in [2.24, 2.45) is 0 Å². The molecule has 0 saturated heterocycles. The van der Waals surface area contributed by atoms with Crippen molar-refractivity contribution in [2.75, 3.05) is 5.73 Å². The predicted octanol–water partition coefficient (Wildman–Crippen LogP) is 2.46. The highest BCUT2D eigenvalue weighted by Gasteiger charge is 2.30. The van der Waals surface area contributed by atoms with Crippen LogP contribution in [0.2, 0.25) is 0 Å². The van der Waals surface area contributed by atoms with Crippen molar-refractivity contribution in [3.8, 4) is 16.9 Å². The molecule has 0 saturated carbocycles. The van der Waals surface area contributed by atoms with Gasteiger partial charge in [0.2, 0.25) is 0 Å². The van der Waals surface area contributed by atoms with Gasteiger partial charge in [0, 0.05) is 11.6 Å². The number of benzene rings is 2. The molecule has 102 valence electrons. The van der Waals surface area contributed by atoms with E-state index in [9.17, 15) is 25.3 Å². The molecule has 0 aliphatic heterocycles.